The lowest BCUT2D eigenvalue weighted by molar-refractivity contribution is -0.126. The van der Waals surface area contributed by atoms with Crippen LogP contribution in [0.15, 0.2) is 24.3 Å². The fourth-order valence-electron chi connectivity index (χ4n) is 2.04. The summed E-state index contributed by atoms with van der Waals surface area (Å²) in [6.45, 7) is 2.02. The highest BCUT2D eigenvalue weighted by Gasteiger charge is 2.25. The van der Waals surface area contributed by atoms with Gasteiger partial charge in [0.05, 0.1) is 5.92 Å². The predicted molar refractivity (Wildman–Crippen MR) is 70.7 cm³/mol. The summed E-state index contributed by atoms with van der Waals surface area (Å²) in [6, 6.07) is 7.91. The fourth-order valence-corrected chi connectivity index (χ4v) is 2.04. The number of hydrogen-bond donors (Lipinski definition) is 1. The number of benzene rings is 1. The van der Waals surface area contributed by atoms with Crippen molar-refractivity contribution < 1.29 is 9.53 Å². The van der Waals surface area contributed by atoms with Crippen molar-refractivity contribution in [3.63, 3.8) is 0 Å². The highest BCUT2D eigenvalue weighted by atomic mass is 16.5. The molecule has 2 rings (SSSR count). The number of hydrogen-bond acceptors (Lipinski definition) is 3. The van der Waals surface area contributed by atoms with E-state index in [9.17, 15) is 4.79 Å². The van der Waals surface area contributed by atoms with Crippen LogP contribution in [-0.2, 0) is 11.2 Å². The Bertz CT molecular complexity index is 418. The van der Waals surface area contributed by atoms with Crippen molar-refractivity contribution >= 4 is 5.91 Å². The van der Waals surface area contributed by atoms with E-state index in [1.807, 2.05) is 43.3 Å². The largest absolute Gasteiger partial charge is 0.492 e. The van der Waals surface area contributed by atoms with Crippen LogP contribution in [0.1, 0.15) is 5.56 Å². The first-order valence-corrected chi connectivity index (χ1v) is 6.30. The normalized spacial score (nSPS) is 18.1. The molecule has 0 radical (unpaired) electrons. The van der Waals surface area contributed by atoms with Crippen LogP contribution in [0.5, 0.6) is 5.75 Å². The highest BCUT2D eigenvalue weighted by molar-refractivity contribution is 5.79. The summed E-state index contributed by atoms with van der Waals surface area (Å²) in [5.74, 6) is 0.934. The van der Waals surface area contributed by atoms with Crippen LogP contribution in [0.4, 0.5) is 0 Å². The van der Waals surface area contributed by atoms with Crippen molar-refractivity contribution in [3.05, 3.63) is 29.8 Å². The molecule has 0 aliphatic carbocycles. The Kier molecular flexibility index (Phi) is 4.20. The molecule has 1 aromatic carbocycles. The topological polar surface area (TPSA) is 41.6 Å². The van der Waals surface area contributed by atoms with Gasteiger partial charge in [-0.15, -0.1) is 0 Å². The van der Waals surface area contributed by atoms with Gasteiger partial charge in [-0.25, -0.2) is 0 Å². The second-order valence-electron chi connectivity index (χ2n) is 4.91. The maximum absolute atomic E-state index is 12.0. The van der Waals surface area contributed by atoms with Crippen molar-refractivity contribution in [2.45, 2.75) is 6.42 Å². The third-order valence-corrected chi connectivity index (χ3v) is 3.11. The van der Waals surface area contributed by atoms with Gasteiger partial charge < -0.3 is 15.0 Å². The van der Waals surface area contributed by atoms with E-state index >= 15 is 0 Å². The molecule has 1 N–H and O–H groups in total. The van der Waals surface area contributed by atoms with Crippen molar-refractivity contribution in [1.82, 2.24) is 10.2 Å². The molecule has 1 heterocycles. The number of nitrogens with zero attached hydrogens (tertiary/aromatic N) is 1. The van der Waals surface area contributed by atoms with Crippen LogP contribution in [-0.4, -0.2) is 44.6 Å². The Morgan fingerprint density at radius 3 is 3.00 bits per heavy atom. The summed E-state index contributed by atoms with van der Waals surface area (Å²) in [5.41, 5.74) is 1.12. The monoisotopic (exact) mass is 248 g/mol. The molecule has 0 fully saturated rings. The van der Waals surface area contributed by atoms with Crippen LogP contribution >= 0.6 is 0 Å². The first-order valence-electron chi connectivity index (χ1n) is 6.30. The van der Waals surface area contributed by atoms with Gasteiger partial charge in [0, 0.05) is 13.1 Å². The third-order valence-electron chi connectivity index (χ3n) is 3.11. The van der Waals surface area contributed by atoms with Crippen LogP contribution in [0.25, 0.3) is 0 Å². The Balaban J connectivity index is 1.87. The van der Waals surface area contributed by atoms with Crippen molar-refractivity contribution in [1.29, 1.82) is 0 Å². The Labute approximate surface area is 108 Å². The van der Waals surface area contributed by atoms with Gasteiger partial charge in [-0.1, -0.05) is 18.2 Å². The first-order chi connectivity index (χ1) is 8.66. The molecule has 18 heavy (non-hydrogen) atoms. The van der Waals surface area contributed by atoms with E-state index in [4.69, 9.17) is 4.74 Å². The lowest BCUT2D eigenvalue weighted by Crippen LogP contribution is -2.40. The lowest BCUT2D eigenvalue weighted by atomic mass is 9.96. The van der Waals surface area contributed by atoms with Gasteiger partial charge in [0.1, 0.15) is 12.4 Å². The van der Waals surface area contributed by atoms with Gasteiger partial charge in [-0.3, -0.25) is 4.79 Å². The summed E-state index contributed by atoms with van der Waals surface area (Å²) >= 11 is 0. The van der Waals surface area contributed by atoms with Crippen LogP contribution in [0.3, 0.4) is 0 Å². The average Bonchev–Trinajstić information content (AvgIpc) is 2.37. The number of likely N-dealkylation sites (N-methyl/N-ethyl adjacent to an activating group) is 1. The van der Waals surface area contributed by atoms with Crippen molar-refractivity contribution in [2.24, 2.45) is 5.92 Å². The molecule has 4 nitrogen and oxygen atoms in total. The summed E-state index contributed by atoms with van der Waals surface area (Å²) in [5, 5.41) is 2.95. The van der Waals surface area contributed by atoms with E-state index in [0.717, 1.165) is 24.3 Å². The van der Waals surface area contributed by atoms with Crippen molar-refractivity contribution in [3.8, 4) is 5.75 Å². The number of carbonyl (C=O) groups excluding carboxylic acids is 1. The number of para-hydroxylation sites is 1. The van der Waals surface area contributed by atoms with Gasteiger partial charge in [0.25, 0.3) is 0 Å². The second-order valence-corrected chi connectivity index (χ2v) is 4.91. The van der Waals surface area contributed by atoms with Crippen LogP contribution in [0.2, 0.25) is 0 Å². The Hall–Kier alpha value is -1.55. The SMILES string of the molecule is CN(C)CCNC(=O)C1COc2ccccc2C1. The minimum Gasteiger partial charge on any atom is -0.492 e. The fraction of sp³-hybridized carbons (Fsp3) is 0.500. The van der Waals surface area contributed by atoms with Gasteiger partial charge in [0.2, 0.25) is 5.91 Å². The number of carbonyl (C=O) groups is 1. The molecule has 1 atom stereocenters. The number of nitrogens with one attached hydrogen (secondary N) is 1. The minimum atomic E-state index is -0.0675. The molecular formula is C14H20N2O2. The highest BCUT2D eigenvalue weighted by Crippen LogP contribution is 2.26. The van der Waals surface area contributed by atoms with Gasteiger partial charge in [-0.2, -0.15) is 0 Å². The Morgan fingerprint density at radius 2 is 2.22 bits per heavy atom. The first kappa shape index (κ1) is 12.9. The smallest absolute Gasteiger partial charge is 0.226 e. The minimum absolute atomic E-state index is 0.0675. The molecular weight excluding hydrogens is 228 g/mol. The quantitative estimate of drug-likeness (QED) is 0.861. The Morgan fingerprint density at radius 1 is 1.44 bits per heavy atom. The number of rotatable bonds is 4. The molecule has 4 heteroatoms. The molecule has 1 aliphatic heterocycles. The maximum atomic E-state index is 12.0. The zero-order valence-corrected chi connectivity index (χ0v) is 11.0. The summed E-state index contributed by atoms with van der Waals surface area (Å²) < 4.78 is 5.61. The van der Waals surface area contributed by atoms with Gasteiger partial charge >= 0.3 is 0 Å². The van der Waals surface area contributed by atoms with Crippen molar-refractivity contribution in [2.75, 3.05) is 33.8 Å². The summed E-state index contributed by atoms with van der Waals surface area (Å²) in [7, 11) is 3.98. The molecule has 0 spiro atoms. The van der Waals surface area contributed by atoms with Crippen LogP contribution in [0, 0.1) is 5.92 Å². The van der Waals surface area contributed by atoms with E-state index in [0.29, 0.717) is 13.2 Å². The summed E-state index contributed by atoms with van der Waals surface area (Å²) in [6.07, 6.45) is 0.768. The number of ether oxygens (including phenoxy) is 1. The van der Waals surface area contributed by atoms with E-state index < -0.39 is 0 Å². The molecule has 98 valence electrons. The molecule has 1 aliphatic rings. The van der Waals surface area contributed by atoms with E-state index in [-0.39, 0.29) is 11.8 Å². The standard InChI is InChI=1S/C14H20N2O2/c1-16(2)8-7-15-14(17)12-9-11-5-3-4-6-13(11)18-10-12/h3-6,12H,7-10H2,1-2H3,(H,15,17). The third kappa shape index (κ3) is 3.23. The number of amides is 1. The molecule has 1 amide bonds. The average molecular weight is 248 g/mol. The van der Waals surface area contributed by atoms with E-state index in [1.54, 1.807) is 0 Å². The zero-order valence-electron chi connectivity index (χ0n) is 11.0. The van der Waals surface area contributed by atoms with E-state index in [2.05, 4.69) is 5.32 Å². The molecule has 1 aromatic rings. The van der Waals surface area contributed by atoms with Crippen LogP contribution < -0.4 is 10.1 Å². The molecule has 0 aromatic heterocycles. The molecule has 1 unspecified atom stereocenters. The predicted octanol–water partition coefficient (Wildman–Crippen LogP) is 0.915. The lowest BCUT2D eigenvalue weighted by Gasteiger charge is -2.24. The maximum Gasteiger partial charge on any atom is 0.226 e. The van der Waals surface area contributed by atoms with E-state index in [1.165, 1.54) is 0 Å². The zero-order chi connectivity index (χ0) is 13.0. The summed E-state index contributed by atoms with van der Waals surface area (Å²) in [4.78, 5) is 14.0. The molecule has 0 saturated heterocycles. The van der Waals surface area contributed by atoms with Gasteiger partial charge in [0.15, 0.2) is 0 Å². The second kappa shape index (κ2) is 5.87. The molecule has 0 saturated carbocycles. The number of fused-ring (bicyclic) bond motifs is 1. The molecule has 0 bridgehead atoms. The van der Waals surface area contributed by atoms with Gasteiger partial charge in [-0.05, 0) is 32.1 Å².